The molecular formula is C15H23NO. The highest BCUT2D eigenvalue weighted by atomic mass is 16.3. The minimum Gasteiger partial charge on any atom is -0.380 e. The zero-order valence-electron chi connectivity index (χ0n) is 11.1. The van der Waals surface area contributed by atoms with Gasteiger partial charge in [-0.15, -0.1) is 0 Å². The van der Waals surface area contributed by atoms with Gasteiger partial charge in [0.15, 0.2) is 0 Å². The van der Waals surface area contributed by atoms with Gasteiger partial charge in [-0.25, -0.2) is 0 Å². The van der Waals surface area contributed by atoms with Crippen molar-refractivity contribution in [1.29, 1.82) is 0 Å². The molecule has 0 aliphatic rings. The molecule has 1 unspecified atom stereocenters. The van der Waals surface area contributed by atoms with Crippen LogP contribution in [0, 0.1) is 23.7 Å². The molecule has 0 heterocycles. The molecule has 0 amide bonds. The number of nitrogens with two attached hydrogens (primary N) is 1. The Morgan fingerprint density at radius 2 is 1.88 bits per heavy atom. The Hall–Kier alpha value is -1.22. The van der Waals surface area contributed by atoms with E-state index < -0.39 is 11.6 Å². The monoisotopic (exact) mass is 233 g/mol. The summed E-state index contributed by atoms with van der Waals surface area (Å²) in [5.74, 6) is 11.2. The highest BCUT2D eigenvalue weighted by Crippen LogP contribution is 2.01. The van der Waals surface area contributed by atoms with Gasteiger partial charge in [-0.2, -0.15) is 0 Å². The van der Waals surface area contributed by atoms with Crippen LogP contribution in [0.3, 0.4) is 0 Å². The van der Waals surface area contributed by atoms with Gasteiger partial charge in [0.25, 0.3) is 0 Å². The van der Waals surface area contributed by atoms with E-state index in [1.165, 1.54) is 0 Å². The third-order valence-electron chi connectivity index (χ3n) is 1.98. The summed E-state index contributed by atoms with van der Waals surface area (Å²) < 4.78 is 0. The first-order chi connectivity index (χ1) is 7.95. The molecule has 0 bridgehead atoms. The highest BCUT2D eigenvalue weighted by molar-refractivity contribution is 5.28. The predicted molar refractivity (Wildman–Crippen MR) is 73.1 cm³/mol. The van der Waals surface area contributed by atoms with Gasteiger partial charge in [-0.05, 0) is 38.8 Å². The Bertz CT molecular complexity index is 341. The topological polar surface area (TPSA) is 46.2 Å². The van der Waals surface area contributed by atoms with Crippen LogP contribution in [0.4, 0.5) is 0 Å². The molecule has 3 N–H and O–H groups in total. The van der Waals surface area contributed by atoms with E-state index >= 15 is 0 Å². The fourth-order valence-electron chi connectivity index (χ4n) is 1.12. The zero-order valence-corrected chi connectivity index (χ0v) is 11.1. The van der Waals surface area contributed by atoms with E-state index in [4.69, 9.17) is 5.73 Å². The number of unbranched alkanes of at least 4 members (excludes halogenated alkanes) is 2. The van der Waals surface area contributed by atoms with Crippen LogP contribution in [-0.2, 0) is 0 Å². The van der Waals surface area contributed by atoms with Crippen LogP contribution in [0.15, 0.2) is 12.2 Å². The molecule has 0 aromatic heterocycles. The Kier molecular flexibility index (Phi) is 8.24. The quantitative estimate of drug-likeness (QED) is 0.578. The number of allylic oxidation sites excluding steroid dienone is 2. The van der Waals surface area contributed by atoms with Crippen molar-refractivity contribution in [1.82, 2.24) is 0 Å². The van der Waals surface area contributed by atoms with E-state index in [1.807, 2.05) is 13.8 Å². The average Bonchev–Trinajstić information content (AvgIpc) is 2.22. The van der Waals surface area contributed by atoms with E-state index in [0.717, 1.165) is 25.7 Å². The van der Waals surface area contributed by atoms with Crippen molar-refractivity contribution in [3.8, 4) is 23.7 Å². The van der Waals surface area contributed by atoms with Crippen LogP contribution >= 0.6 is 0 Å². The fourth-order valence-corrected chi connectivity index (χ4v) is 1.12. The lowest BCUT2D eigenvalue weighted by molar-refractivity contribution is 0.217. The summed E-state index contributed by atoms with van der Waals surface area (Å²) >= 11 is 0. The second-order valence-electron chi connectivity index (χ2n) is 4.62. The second kappa shape index (κ2) is 8.88. The number of aliphatic hydroxyl groups is 1. The first-order valence-corrected chi connectivity index (χ1v) is 6.11. The van der Waals surface area contributed by atoms with Crippen LogP contribution in [0.2, 0.25) is 0 Å². The molecule has 0 aromatic rings. The number of aliphatic hydroxyl groups excluding tert-OH is 1. The van der Waals surface area contributed by atoms with Crippen molar-refractivity contribution in [2.75, 3.05) is 0 Å². The van der Waals surface area contributed by atoms with E-state index in [2.05, 4.69) is 30.6 Å². The van der Waals surface area contributed by atoms with Crippen molar-refractivity contribution in [3.63, 3.8) is 0 Å². The summed E-state index contributed by atoms with van der Waals surface area (Å²) in [6.45, 7) is 5.83. The maximum Gasteiger partial charge on any atom is 0.115 e. The zero-order chi connectivity index (χ0) is 13.1. The fraction of sp³-hybridized carbons (Fsp3) is 0.600. The summed E-state index contributed by atoms with van der Waals surface area (Å²) in [7, 11) is 0. The Labute approximate surface area is 105 Å². The number of hydrogen-bond acceptors (Lipinski definition) is 2. The van der Waals surface area contributed by atoms with Gasteiger partial charge in [0, 0.05) is 0 Å². The molecule has 2 heteroatoms. The molecule has 0 aromatic carbocycles. The number of hydrogen-bond donors (Lipinski definition) is 2. The summed E-state index contributed by atoms with van der Waals surface area (Å²) in [6.07, 6.45) is 6.84. The van der Waals surface area contributed by atoms with Crippen LogP contribution in [-0.4, -0.2) is 16.7 Å². The van der Waals surface area contributed by atoms with Gasteiger partial charge in [-0.3, -0.25) is 0 Å². The standard InChI is InChI=1S/C15H23NO/c1-4-5-8-11-14(17)12-9-6-7-10-13-15(2,3)16/h6-7,14,17H,4-5,8,11,16H2,1-3H3/b7-6-. The molecule has 0 saturated carbocycles. The van der Waals surface area contributed by atoms with E-state index in [-0.39, 0.29) is 0 Å². The van der Waals surface area contributed by atoms with Gasteiger partial charge in [0.1, 0.15) is 6.10 Å². The van der Waals surface area contributed by atoms with Crippen LogP contribution in [0.5, 0.6) is 0 Å². The first kappa shape index (κ1) is 15.8. The smallest absolute Gasteiger partial charge is 0.115 e. The van der Waals surface area contributed by atoms with Gasteiger partial charge in [-0.1, -0.05) is 43.4 Å². The van der Waals surface area contributed by atoms with Crippen LogP contribution in [0.1, 0.15) is 46.5 Å². The normalized spacial score (nSPS) is 12.5. The summed E-state index contributed by atoms with van der Waals surface area (Å²) in [5, 5.41) is 9.50. The molecule has 0 fully saturated rings. The van der Waals surface area contributed by atoms with Crippen molar-refractivity contribution < 1.29 is 5.11 Å². The second-order valence-corrected chi connectivity index (χ2v) is 4.62. The third kappa shape index (κ3) is 12.7. The van der Waals surface area contributed by atoms with Crippen molar-refractivity contribution in [3.05, 3.63) is 12.2 Å². The molecular weight excluding hydrogens is 210 g/mol. The lowest BCUT2D eigenvalue weighted by Crippen LogP contribution is -2.29. The number of rotatable bonds is 4. The molecule has 1 atom stereocenters. The summed E-state index contributed by atoms with van der Waals surface area (Å²) in [4.78, 5) is 0. The van der Waals surface area contributed by atoms with E-state index in [1.54, 1.807) is 12.2 Å². The Balaban J connectivity index is 3.93. The van der Waals surface area contributed by atoms with Crippen LogP contribution < -0.4 is 5.73 Å². The maximum absolute atomic E-state index is 9.50. The predicted octanol–water partition coefficient (Wildman–Crippen LogP) is 2.23. The minimum absolute atomic E-state index is 0.475. The van der Waals surface area contributed by atoms with Crippen molar-refractivity contribution in [2.24, 2.45) is 5.73 Å². The van der Waals surface area contributed by atoms with E-state index in [0.29, 0.717) is 0 Å². The molecule has 17 heavy (non-hydrogen) atoms. The molecule has 0 rings (SSSR count). The lowest BCUT2D eigenvalue weighted by Gasteiger charge is -2.06. The molecule has 0 saturated heterocycles. The van der Waals surface area contributed by atoms with Gasteiger partial charge in [0.05, 0.1) is 5.54 Å². The average molecular weight is 233 g/mol. The molecule has 2 nitrogen and oxygen atoms in total. The molecule has 0 radical (unpaired) electrons. The Morgan fingerprint density at radius 1 is 1.24 bits per heavy atom. The molecule has 0 aliphatic heterocycles. The van der Waals surface area contributed by atoms with Gasteiger partial charge in [0.2, 0.25) is 0 Å². The summed E-state index contributed by atoms with van der Waals surface area (Å²) in [6, 6.07) is 0. The maximum atomic E-state index is 9.50. The third-order valence-corrected chi connectivity index (χ3v) is 1.98. The minimum atomic E-state index is -0.523. The molecule has 0 aliphatic carbocycles. The Morgan fingerprint density at radius 3 is 2.47 bits per heavy atom. The van der Waals surface area contributed by atoms with E-state index in [9.17, 15) is 5.11 Å². The largest absolute Gasteiger partial charge is 0.380 e. The highest BCUT2D eigenvalue weighted by Gasteiger charge is 2.02. The van der Waals surface area contributed by atoms with Gasteiger partial charge < -0.3 is 10.8 Å². The molecule has 0 spiro atoms. The van der Waals surface area contributed by atoms with Gasteiger partial charge >= 0.3 is 0 Å². The SMILES string of the molecule is CCCCCC(O)C#C/C=C\C#CC(C)(C)N. The summed E-state index contributed by atoms with van der Waals surface area (Å²) in [5.41, 5.74) is 5.21. The lowest BCUT2D eigenvalue weighted by atomic mass is 10.1. The van der Waals surface area contributed by atoms with Crippen molar-refractivity contribution in [2.45, 2.75) is 58.1 Å². The first-order valence-electron chi connectivity index (χ1n) is 6.11. The molecule has 94 valence electrons. The van der Waals surface area contributed by atoms with Crippen molar-refractivity contribution >= 4 is 0 Å². The van der Waals surface area contributed by atoms with Crippen LogP contribution in [0.25, 0.3) is 0 Å².